The van der Waals surface area contributed by atoms with Gasteiger partial charge in [-0.15, -0.1) is 0 Å². The van der Waals surface area contributed by atoms with Crippen molar-refractivity contribution in [1.82, 2.24) is 15.3 Å². The molecule has 0 aromatic carbocycles. The molecule has 0 spiro atoms. The van der Waals surface area contributed by atoms with Crippen molar-refractivity contribution in [2.24, 2.45) is 0 Å². The van der Waals surface area contributed by atoms with E-state index in [0.29, 0.717) is 13.1 Å². The van der Waals surface area contributed by atoms with Crippen LogP contribution in [0.2, 0.25) is 0 Å². The largest absolute Gasteiger partial charge is 0.476 e. The monoisotopic (exact) mass is 165 g/mol. The van der Waals surface area contributed by atoms with Crippen LogP contribution in [0.3, 0.4) is 0 Å². The summed E-state index contributed by atoms with van der Waals surface area (Å²) in [4.78, 5) is 18.4. The Hall–Kier alpha value is -1.49. The third-order valence-electron chi connectivity index (χ3n) is 1.74. The lowest BCUT2D eigenvalue weighted by molar-refractivity contribution is 0.0689. The van der Waals surface area contributed by atoms with Crippen molar-refractivity contribution in [2.75, 3.05) is 0 Å². The van der Waals surface area contributed by atoms with Crippen LogP contribution in [0, 0.1) is 0 Å². The maximum Gasteiger partial charge on any atom is 0.356 e. The number of carboxylic acids is 1. The SMILES string of the molecule is O=C(O)c1cnc2c(n1)CNC2. The Balaban J connectivity index is 2.45. The first-order valence-electron chi connectivity index (χ1n) is 3.56. The average Bonchev–Trinajstić information content (AvgIpc) is 2.49. The van der Waals surface area contributed by atoms with Gasteiger partial charge >= 0.3 is 5.97 Å². The first kappa shape index (κ1) is 7.17. The average molecular weight is 165 g/mol. The molecule has 0 bridgehead atoms. The summed E-state index contributed by atoms with van der Waals surface area (Å²) in [5, 5.41) is 11.6. The number of fused-ring (bicyclic) bond motifs is 1. The Morgan fingerprint density at radius 1 is 1.50 bits per heavy atom. The summed E-state index contributed by atoms with van der Waals surface area (Å²) in [6.45, 7) is 1.30. The van der Waals surface area contributed by atoms with Crippen molar-refractivity contribution in [2.45, 2.75) is 13.1 Å². The van der Waals surface area contributed by atoms with Gasteiger partial charge in [0.25, 0.3) is 0 Å². The molecule has 1 aromatic heterocycles. The second kappa shape index (κ2) is 2.53. The zero-order valence-electron chi connectivity index (χ0n) is 6.24. The topological polar surface area (TPSA) is 75.1 Å². The number of rotatable bonds is 1. The van der Waals surface area contributed by atoms with E-state index < -0.39 is 5.97 Å². The van der Waals surface area contributed by atoms with Gasteiger partial charge in [-0.3, -0.25) is 4.98 Å². The van der Waals surface area contributed by atoms with Crippen molar-refractivity contribution < 1.29 is 9.90 Å². The van der Waals surface area contributed by atoms with Gasteiger partial charge in [-0.2, -0.15) is 0 Å². The molecule has 0 saturated heterocycles. The van der Waals surface area contributed by atoms with E-state index in [-0.39, 0.29) is 5.69 Å². The molecule has 2 rings (SSSR count). The normalized spacial score (nSPS) is 14.3. The highest BCUT2D eigenvalue weighted by Crippen LogP contribution is 2.09. The molecule has 0 unspecified atom stereocenters. The Morgan fingerprint density at radius 2 is 2.25 bits per heavy atom. The molecule has 1 aliphatic rings. The minimum atomic E-state index is -1.03. The van der Waals surface area contributed by atoms with E-state index in [1.54, 1.807) is 0 Å². The maximum absolute atomic E-state index is 10.5. The van der Waals surface area contributed by atoms with Crippen LogP contribution < -0.4 is 5.32 Å². The fourth-order valence-corrected chi connectivity index (χ4v) is 1.14. The number of aromatic carboxylic acids is 1. The van der Waals surface area contributed by atoms with Crippen LogP contribution in [-0.4, -0.2) is 21.0 Å². The van der Waals surface area contributed by atoms with Gasteiger partial charge in [0, 0.05) is 13.1 Å². The molecular formula is C7H7N3O2. The van der Waals surface area contributed by atoms with Gasteiger partial charge in [0.05, 0.1) is 17.6 Å². The van der Waals surface area contributed by atoms with E-state index >= 15 is 0 Å². The summed E-state index contributed by atoms with van der Waals surface area (Å²) in [6.07, 6.45) is 1.29. The Morgan fingerprint density at radius 3 is 3.00 bits per heavy atom. The fourth-order valence-electron chi connectivity index (χ4n) is 1.14. The summed E-state index contributed by atoms with van der Waals surface area (Å²) >= 11 is 0. The molecule has 62 valence electrons. The number of aromatic nitrogens is 2. The van der Waals surface area contributed by atoms with E-state index in [9.17, 15) is 4.79 Å². The number of nitrogens with one attached hydrogen (secondary N) is 1. The van der Waals surface area contributed by atoms with Gasteiger partial charge in [0.2, 0.25) is 0 Å². The third-order valence-corrected chi connectivity index (χ3v) is 1.74. The van der Waals surface area contributed by atoms with E-state index in [2.05, 4.69) is 15.3 Å². The minimum absolute atomic E-state index is 0.0115. The van der Waals surface area contributed by atoms with Gasteiger partial charge in [-0.25, -0.2) is 9.78 Å². The minimum Gasteiger partial charge on any atom is -0.476 e. The second-order valence-electron chi connectivity index (χ2n) is 2.56. The van der Waals surface area contributed by atoms with E-state index in [0.717, 1.165) is 11.4 Å². The van der Waals surface area contributed by atoms with Crippen molar-refractivity contribution in [3.05, 3.63) is 23.3 Å². The highest BCUT2D eigenvalue weighted by molar-refractivity contribution is 5.84. The smallest absolute Gasteiger partial charge is 0.356 e. The zero-order chi connectivity index (χ0) is 8.55. The third kappa shape index (κ3) is 1.04. The van der Waals surface area contributed by atoms with Crippen LogP contribution in [0.15, 0.2) is 6.20 Å². The van der Waals surface area contributed by atoms with Gasteiger partial charge in [0.15, 0.2) is 5.69 Å². The van der Waals surface area contributed by atoms with Crippen molar-refractivity contribution >= 4 is 5.97 Å². The first-order valence-corrected chi connectivity index (χ1v) is 3.56. The summed E-state index contributed by atoms with van der Waals surface area (Å²) < 4.78 is 0. The number of carbonyl (C=O) groups is 1. The summed E-state index contributed by atoms with van der Waals surface area (Å²) in [5.41, 5.74) is 1.60. The van der Waals surface area contributed by atoms with E-state index in [4.69, 9.17) is 5.11 Å². The maximum atomic E-state index is 10.5. The Kier molecular flexibility index (Phi) is 1.51. The van der Waals surface area contributed by atoms with Crippen LogP contribution in [0.5, 0.6) is 0 Å². The van der Waals surface area contributed by atoms with Gasteiger partial charge in [-0.1, -0.05) is 0 Å². The molecule has 0 saturated carbocycles. The van der Waals surface area contributed by atoms with Crippen LogP contribution >= 0.6 is 0 Å². The quantitative estimate of drug-likeness (QED) is 0.601. The second-order valence-corrected chi connectivity index (χ2v) is 2.56. The molecule has 2 N–H and O–H groups in total. The lowest BCUT2D eigenvalue weighted by Gasteiger charge is -1.96. The molecule has 0 fully saturated rings. The molecule has 2 heterocycles. The van der Waals surface area contributed by atoms with Crippen LogP contribution in [-0.2, 0) is 13.1 Å². The van der Waals surface area contributed by atoms with E-state index in [1.165, 1.54) is 6.20 Å². The predicted octanol–water partition coefficient (Wildman–Crippen LogP) is -0.222. The molecule has 5 nitrogen and oxygen atoms in total. The molecule has 0 aliphatic carbocycles. The standard InChI is InChI=1S/C7H7N3O2/c11-7(12)6-3-9-4-1-8-2-5(4)10-6/h3,8H,1-2H2,(H,11,12). The summed E-state index contributed by atoms with van der Waals surface area (Å²) in [7, 11) is 0. The highest BCUT2D eigenvalue weighted by Gasteiger charge is 2.15. The number of nitrogens with zero attached hydrogens (tertiary/aromatic N) is 2. The predicted molar refractivity (Wildman–Crippen MR) is 39.5 cm³/mol. The summed E-state index contributed by atoms with van der Waals surface area (Å²) in [5.74, 6) is -1.03. The molecule has 0 atom stereocenters. The molecule has 0 radical (unpaired) electrons. The molecule has 0 amide bonds. The summed E-state index contributed by atoms with van der Waals surface area (Å²) in [6, 6.07) is 0. The van der Waals surface area contributed by atoms with Gasteiger partial charge in [-0.05, 0) is 0 Å². The van der Waals surface area contributed by atoms with Crippen LogP contribution in [0.25, 0.3) is 0 Å². The molecule has 5 heteroatoms. The van der Waals surface area contributed by atoms with Crippen molar-refractivity contribution in [3.8, 4) is 0 Å². The van der Waals surface area contributed by atoms with Crippen molar-refractivity contribution in [3.63, 3.8) is 0 Å². The van der Waals surface area contributed by atoms with Gasteiger partial charge < -0.3 is 10.4 Å². The molecule has 12 heavy (non-hydrogen) atoms. The lowest BCUT2D eigenvalue weighted by Crippen LogP contribution is -2.04. The molecular weight excluding hydrogens is 158 g/mol. The van der Waals surface area contributed by atoms with Crippen LogP contribution in [0.1, 0.15) is 21.9 Å². The number of carboxylic acid groups (broad SMARTS) is 1. The first-order chi connectivity index (χ1) is 5.77. The van der Waals surface area contributed by atoms with E-state index in [1.807, 2.05) is 0 Å². The molecule has 1 aromatic rings. The van der Waals surface area contributed by atoms with Crippen molar-refractivity contribution in [1.29, 1.82) is 0 Å². The fraction of sp³-hybridized carbons (Fsp3) is 0.286. The number of hydrogen-bond acceptors (Lipinski definition) is 4. The highest BCUT2D eigenvalue weighted by atomic mass is 16.4. The number of hydrogen-bond donors (Lipinski definition) is 2. The van der Waals surface area contributed by atoms with Crippen LogP contribution in [0.4, 0.5) is 0 Å². The zero-order valence-corrected chi connectivity index (χ0v) is 6.24. The Bertz CT molecular complexity index is 337. The lowest BCUT2D eigenvalue weighted by atomic mass is 10.3. The molecule has 1 aliphatic heterocycles. The Labute approximate surface area is 68.5 Å². The van der Waals surface area contributed by atoms with Gasteiger partial charge in [0.1, 0.15) is 0 Å².